The highest BCUT2D eigenvalue weighted by molar-refractivity contribution is 5.21. The zero-order valence-electron chi connectivity index (χ0n) is 10.2. The van der Waals surface area contributed by atoms with Crippen LogP contribution in [0.25, 0.3) is 0 Å². The van der Waals surface area contributed by atoms with E-state index in [9.17, 15) is 0 Å². The number of hydrogen-bond donors (Lipinski definition) is 0. The molecule has 1 fully saturated rings. The zero-order chi connectivity index (χ0) is 11.4. The van der Waals surface area contributed by atoms with Gasteiger partial charge in [0.1, 0.15) is 11.9 Å². The molecule has 0 aliphatic heterocycles. The standard InChI is InChI=1S/C14H21NO/c1-3-15(2)12-9-10-14(11-12)16-13-7-5-4-6-8-13/h4-8,12,14H,3,9-11H2,1-2H3. The van der Waals surface area contributed by atoms with E-state index in [2.05, 4.69) is 18.9 Å². The van der Waals surface area contributed by atoms with Crippen LogP contribution in [0.5, 0.6) is 5.75 Å². The van der Waals surface area contributed by atoms with Crippen molar-refractivity contribution in [3.63, 3.8) is 0 Å². The summed E-state index contributed by atoms with van der Waals surface area (Å²) in [6, 6.07) is 10.9. The summed E-state index contributed by atoms with van der Waals surface area (Å²) in [7, 11) is 2.20. The molecule has 0 bridgehead atoms. The molecule has 2 nitrogen and oxygen atoms in total. The highest BCUT2D eigenvalue weighted by Gasteiger charge is 2.28. The van der Waals surface area contributed by atoms with Gasteiger partial charge in [-0.3, -0.25) is 0 Å². The van der Waals surface area contributed by atoms with Gasteiger partial charge in [-0.25, -0.2) is 0 Å². The molecule has 0 radical (unpaired) electrons. The van der Waals surface area contributed by atoms with E-state index >= 15 is 0 Å². The number of benzene rings is 1. The van der Waals surface area contributed by atoms with Crippen LogP contribution in [-0.2, 0) is 0 Å². The Hall–Kier alpha value is -1.02. The molecule has 2 atom stereocenters. The minimum absolute atomic E-state index is 0.404. The first-order valence-electron chi connectivity index (χ1n) is 6.21. The fourth-order valence-electron chi connectivity index (χ4n) is 2.37. The molecule has 2 heteroatoms. The van der Waals surface area contributed by atoms with Gasteiger partial charge < -0.3 is 9.64 Å². The van der Waals surface area contributed by atoms with Crippen molar-refractivity contribution in [2.45, 2.75) is 38.3 Å². The number of ether oxygens (including phenoxy) is 1. The van der Waals surface area contributed by atoms with Crippen molar-refractivity contribution < 1.29 is 4.74 Å². The Bertz CT molecular complexity index is 312. The summed E-state index contributed by atoms with van der Waals surface area (Å²) in [5.74, 6) is 1.01. The van der Waals surface area contributed by atoms with Crippen molar-refractivity contribution in [1.29, 1.82) is 0 Å². The van der Waals surface area contributed by atoms with E-state index in [4.69, 9.17) is 4.74 Å². The molecule has 1 aliphatic rings. The minimum Gasteiger partial charge on any atom is -0.490 e. The van der Waals surface area contributed by atoms with E-state index in [0.717, 1.165) is 12.3 Å². The molecule has 2 unspecified atom stereocenters. The molecule has 0 spiro atoms. The lowest BCUT2D eigenvalue weighted by molar-refractivity contribution is 0.186. The molecule has 1 aromatic rings. The van der Waals surface area contributed by atoms with Crippen molar-refractivity contribution >= 4 is 0 Å². The normalized spacial score (nSPS) is 24.9. The van der Waals surface area contributed by atoms with Gasteiger partial charge in [-0.1, -0.05) is 25.1 Å². The van der Waals surface area contributed by atoms with Crippen LogP contribution in [-0.4, -0.2) is 30.6 Å². The molecule has 0 saturated heterocycles. The zero-order valence-corrected chi connectivity index (χ0v) is 10.2. The van der Waals surface area contributed by atoms with E-state index < -0.39 is 0 Å². The second-order valence-electron chi connectivity index (χ2n) is 4.59. The van der Waals surface area contributed by atoms with Gasteiger partial charge in [0.2, 0.25) is 0 Å². The van der Waals surface area contributed by atoms with Crippen LogP contribution in [0.1, 0.15) is 26.2 Å². The summed E-state index contributed by atoms with van der Waals surface area (Å²) in [5.41, 5.74) is 0. The Labute approximate surface area is 98.2 Å². The molecule has 88 valence electrons. The van der Waals surface area contributed by atoms with Crippen LogP contribution in [0.2, 0.25) is 0 Å². The van der Waals surface area contributed by atoms with Gasteiger partial charge in [0.05, 0.1) is 0 Å². The van der Waals surface area contributed by atoms with Crippen molar-refractivity contribution in [3.8, 4) is 5.75 Å². The second-order valence-corrected chi connectivity index (χ2v) is 4.59. The quantitative estimate of drug-likeness (QED) is 0.772. The number of nitrogens with zero attached hydrogens (tertiary/aromatic N) is 1. The maximum Gasteiger partial charge on any atom is 0.119 e. The van der Waals surface area contributed by atoms with Gasteiger partial charge in [-0.2, -0.15) is 0 Å². The summed E-state index contributed by atoms with van der Waals surface area (Å²) in [6.45, 7) is 3.34. The summed E-state index contributed by atoms with van der Waals surface area (Å²) < 4.78 is 5.97. The fraction of sp³-hybridized carbons (Fsp3) is 0.571. The molecule has 2 rings (SSSR count). The Morgan fingerprint density at radius 2 is 2.00 bits per heavy atom. The lowest BCUT2D eigenvalue weighted by atomic mass is 10.2. The second kappa shape index (κ2) is 5.35. The maximum absolute atomic E-state index is 5.97. The predicted octanol–water partition coefficient (Wildman–Crippen LogP) is 2.94. The van der Waals surface area contributed by atoms with Crippen molar-refractivity contribution in [2.75, 3.05) is 13.6 Å². The monoisotopic (exact) mass is 219 g/mol. The molecule has 0 aromatic heterocycles. The highest BCUT2D eigenvalue weighted by Crippen LogP contribution is 2.27. The molecule has 1 aromatic carbocycles. The van der Waals surface area contributed by atoms with Crippen LogP contribution in [0.4, 0.5) is 0 Å². The highest BCUT2D eigenvalue weighted by atomic mass is 16.5. The lowest BCUT2D eigenvalue weighted by Crippen LogP contribution is -2.30. The van der Waals surface area contributed by atoms with E-state index in [0.29, 0.717) is 12.1 Å². The van der Waals surface area contributed by atoms with Gasteiger partial charge >= 0.3 is 0 Å². The summed E-state index contributed by atoms with van der Waals surface area (Å²) in [5, 5.41) is 0. The first kappa shape index (κ1) is 11.5. The van der Waals surface area contributed by atoms with E-state index in [1.165, 1.54) is 19.3 Å². The molecule has 1 saturated carbocycles. The van der Waals surface area contributed by atoms with Crippen LogP contribution in [0, 0.1) is 0 Å². The molecule has 0 heterocycles. The Balaban J connectivity index is 1.85. The number of rotatable bonds is 4. The van der Waals surface area contributed by atoms with Gasteiger partial charge in [0, 0.05) is 6.04 Å². The summed E-state index contributed by atoms with van der Waals surface area (Å²) in [6.07, 6.45) is 4.02. The van der Waals surface area contributed by atoms with E-state index in [-0.39, 0.29) is 0 Å². The summed E-state index contributed by atoms with van der Waals surface area (Å²) >= 11 is 0. The van der Waals surface area contributed by atoms with Crippen LogP contribution < -0.4 is 4.74 Å². The molecular weight excluding hydrogens is 198 g/mol. The molecule has 0 N–H and O–H groups in total. The fourth-order valence-corrected chi connectivity index (χ4v) is 2.37. The summed E-state index contributed by atoms with van der Waals surface area (Å²) in [4.78, 5) is 2.42. The van der Waals surface area contributed by atoms with Crippen molar-refractivity contribution in [1.82, 2.24) is 4.90 Å². The van der Waals surface area contributed by atoms with Crippen molar-refractivity contribution in [2.24, 2.45) is 0 Å². The van der Waals surface area contributed by atoms with Gasteiger partial charge in [-0.15, -0.1) is 0 Å². The molecule has 16 heavy (non-hydrogen) atoms. The predicted molar refractivity (Wildman–Crippen MR) is 66.8 cm³/mol. The third kappa shape index (κ3) is 2.76. The number of para-hydroxylation sites is 1. The molecular formula is C14H21NO. The topological polar surface area (TPSA) is 12.5 Å². The average Bonchev–Trinajstić information content (AvgIpc) is 2.78. The Morgan fingerprint density at radius 3 is 2.69 bits per heavy atom. The number of hydrogen-bond acceptors (Lipinski definition) is 2. The van der Waals surface area contributed by atoms with Crippen LogP contribution in [0.15, 0.2) is 30.3 Å². The van der Waals surface area contributed by atoms with Gasteiger partial charge in [-0.05, 0) is 45.0 Å². The minimum atomic E-state index is 0.404. The van der Waals surface area contributed by atoms with Crippen LogP contribution >= 0.6 is 0 Å². The third-order valence-corrected chi connectivity index (χ3v) is 3.52. The average molecular weight is 219 g/mol. The largest absolute Gasteiger partial charge is 0.490 e. The smallest absolute Gasteiger partial charge is 0.119 e. The Morgan fingerprint density at radius 1 is 1.25 bits per heavy atom. The maximum atomic E-state index is 5.97. The lowest BCUT2D eigenvalue weighted by Gasteiger charge is -2.22. The molecule has 0 amide bonds. The van der Waals surface area contributed by atoms with E-state index in [1.54, 1.807) is 0 Å². The van der Waals surface area contributed by atoms with E-state index in [1.807, 2.05) is 30.3 Å². The van der Waals surface area contributed by atoms with Gasteiger partial charge in [0.25, 0.3) is 0 Å². The van der Waals surface area contributed by atoms with Crippen molar-refractivity contribution in [3.05, 3.63) is 30.3 Å². The first-order valence-corrected chi connectivity index (χ1v) is 6.21. The van der Waals surface area contributed by atoms with Crippen LogP contribution in [0.3, 0.4) is 0 Å². The first-order chi connectivity index (χ1) is 7.79. The van der Waals surface area contributed by atoms with Gasteiger partial charge in [0.15, 0.2) is 0 Å². The third-order valence-electron chi connectivity index (χ3n) is 3.52. The SMILES string of the molecule is CCN(C)C1CCC(Oc2ccccc2)C1. The molecule has 1 aliphatic carbocycles. The Kier molecular flexibility index (Phi) is 3.83.